The molecular formula is C14H19BrClN3O3. The lowest BCUT2D eigenvalue weighted by atomic mass is 10.1. The van der Waals surface area contributed by atoms with Gasteiger partial charge in [-0.1, -0.05) is 22.0 Å². The van der Waals surface area contributed by atoms with Crippen molar-refractivity contribution < 1.29 is 9.72 Å². The number of rotatable bonds is 5. The highest BCUT2D eigenvalue weighted by Crippen LogP contribution is 2.24. The predicted molar refractivity (Wildman–Crippen MR) is 90.4 cm³/mol. The van der Waals surface area contributed by atoms with Crippen LogP contribution in [0.2, 0.25) is 0 Å². The van der Waals surface area contributed by atoms with E-state index in [-0.39, 0.29) is 30.4 Å². The first-order chi connectivity index (χ1) is 10.0. The van der Waals surface area contributed by atoms with Gasteiger partial charge in [-0.25, -0.2) is 0 Å². The molecule has 1 saturated heterocycles. The van der Waals surface area contributed by atoms with Crippen molar-refractivity contribution in [1.29, 1.82) is 0 Å². The summed E-state index contributed by atoms with van der Waals surface area (Å²) in [5, 5.41) is 13.8. The van der Waals surface area contributed by atoms with Gasteiger partial charge in [-0.15, -0.1) is 12.4 Å². The van der Waals surface area contributed by atoms with Gasteiger partial charge in [0.1, 0.15) is 0 Å². The molecule has 0 bridgehead atoms. The molecule has 1 aromatic carbocycles. The lowest BCUT2D eigenvalue weighted by Crippen LogP contribution is -2.31. The highest BCUT2D eigenvalue weighted by molar-refractivity contribution is 9.10. The van der Waals surface area contributed by atoms with Gasteiger partial charge in [0.25, 0.3) is 5.69 Å². The number of benzene rings is 1. The Bertz CT molecular complexity index is 556. The first-order valence-corrected chi connectivity index (χ1v) is 7.65. The quantitative estimate of drug-likeness (QED) is 0.617. The van der Waals surface area contributed by atoms with Gasteiger partial charge in [0, 0.05) is 29.7 Å². The minimum Gasteiger partial charge on any atom is -0.342 e. The van der Waals surface area contributed by atoms with Gasteiger partial charge in [0.2, 0.25) is 5.91 Å². The lowest BCUT2D eigenvalue weighted by molar-refractivity contribution is -0.384. The van der Waals surface area contributed by atoms with E-state index >= 15 is 0 Å². The second-order valence-electron chi connectivity index (χ2n) is 5.26. The van der Waals surface area contributed by atoms with Gasteiger partial charge in [-0.3, -0.25) is 14.9 Å². The largest absolute Gasteiger partial charge is 0.342 e. The van der Waals surface area contributed by atoms with Crippen molar-refractivity contribution in [3.8, 4) is 0 Å². The number of amides is 1. The molecule has 22 heavy (non-hydrogen) atoms. The SMILES string of the molecule is CNCC1CCN(C(=O)Cc2ccc([N+](=O)[O-])cc2Br)C1.Cl. The molecule has 0 aliphatic carbocycles. The van der Waals surface area contributed by atoms with Crippen LogP contribution in [0.1, 0.15) is 12.0 Å². The Labute approximate surface area is 143 Å². The molecule has 1 aromatic rings. The fraction of sp³-hybridized carbons (Fsp3) is 0.500. The van der Waals surface area contributed by atoms with Crippen LogP contribution in [0.3, 0.4) is 0 Å². The summed E-state index contributed by atoms with van der Waals surface area (Å²) in [6.07, 6.45) is 1.29. The number of halogens is 2. The molecule has 1 aliphatic heterocycles. The summed E-state index contributed by atoms with van der Waals surface area (Å²) in [4.78, 5) is 24.4. The Morgan fingerprint density at radius 3 is 2.86 bits per heavy atom. The van der Waals surface area contributed by atoms with Crippen LogP contribution in [-0.4, -0.2) is 42.4 Å². The number of non-ortho nitro benzene ring substituents is 1. The third-order valence-corrected chi connectivity index (χ3v) is 4.46. The smallest absolute Gasteiger partial charge is 0.270 e. The summed E-state index contributed by atoms with van der Waals surface area (Å²) in [5.41, 5.74) is 0.802. The van der Waals surface area contributed by atoms with Crippen LogP contribution >= 0.6 is 28.3 Å². The van der Waals surface area contributed by atoms with E-state index in [1.807, 2.05) is 11.9 Å². The zero-order chi connectivity index (χ0) is 15.4. The van der Waals surface area contributed by atoms with Crippen LogP contribution in [0.15, 0.2) is 22.7 Å². The number of nitro benzene ring substituents is 1. The van der Waals surface area contributed by atoms with Crippen molar-refractivity contribution >= 4 is 39.9 Å². The zero-order valence-electron chi connectivity index (χ0n) is 12.3. The number of nitrogens with zero attached hydrogens (tertiary/aromatic N) is 2. The van der Waals surface area contributed by atoms with E-state index in [4.69, 9.17) is 0 Å². The highest BCUT2D eigenvalue weighted by atomic mass is 79.9. The summed E-state index contributed by atoms with van der Waals surface area (Å²) in [5.74, 6) is 0.586. The number of hydrogen-bond donors (Lipinski definition) is 1. The van der Waals surface area contributed by atoms with Crippen molar-refractivity contribution in [2.75, 3.05) is 26.7 Å². The number of carbonyl (C=O) groups excluding carboxylic acids is 1. The minimum atomic E-state index is -0.445. The summed E-state index contributed by atoms with van der Waals surface area (Å²) in [6, 6.07) is 4.51. The topological polar surface area (TPSA) is 75.5 Å². The second-order valence-corrected chi connectivity index (χ2v) is 6.12. The van der Waals surface area contributed by atoms with Crippen molar-refractivity contribution in [3.05, 3.63) is 38.3 Å². The monoisotopic (exact) mass is 391 g/mol. The molecule has 2 rings (SSSR count). The van der Waals surface area contributed by atoms with Crippen molar-refractivity contribution in [2.24, 2.45) is 5.92 Å². The number of likely N-dealkylation sites (tertiary alicyclic amines) is 1. The van der Waals surface area contributed by atoms with E-state index in [9.17, 15) is 14.9 Å². The van der Waals surface area contributed by atoms with E-state index in [2.05, 4.69) is 21.2 Å². The van der Waals surface area contributed by atoms with Gasteiger partial charge in [0.15, 0.2) is 0 Å². The molecule has 1 amide bonds. The average molecular weight is 393 g/mol. The molecule has 1 aliphatic rings. The van der Waals surface area contributed by atoms with Gasteiger partial charge >= 0.3 is 0 Å². The Balaban J connectivity index is 0.00000242. The molecule has 1 heterocycles. The standard InChI is InChI=1S/C14H18BrN3O3.ClH/c1-16-8-10-4-5-17(9-10)14(19)6-11-2-3-12(18(20)21)7-13(11)15;/h2-3,7,10,16H,4-6,8-9H2,1H3;1H. The van der Waals surface area contributed by atoms with Crippen molar-refractivity contribution in [3.63, 3.8) is 0 Å². The normalized spacial score (nSPS) is 17.2. The molecule has 0 aromatic heterocycles. The van der Waals surface area contributed by atoms with Crippen molar-refractivity contribution in [1.82, 2.24) is 10.2 Å². The van der Waals surface area contributed by atoms with E-state index in [0.29, 0.717) is 10.4 Å². The Morgan fingerprint density at radius 2 is 2.27 bits per heavy atom. The molecule has 0 saturated carbocycles. The molecule has 1 atom stereocenters. The third kappa shape index (κ3) is 4.66. The number of nitro groups is 1. The fourth-order valence-corrected chi connectivity index (χ4v) is 3.09. The lowest BCUT2D eigenvalue weighted by Gasteiger charge is -2.17. The number of nitrogens with one attached hydrogen (secondary N) is 1. The van der Waals surface area contributed by atoms with Gasteiger partial charge in [0.05, 0.1) is 11.3 Å². The molecule has 1 fully saturated rings. The van der Waals surface area contributed by atoms with Gasteiger partial charge < -0.3 is 10.2 Å². The summed E-state index contributed by atoms with van der Waals surface area (Å²) < 4.78 is 0.607. The maximum Gasteiger partial charge on any atom is 0.270 e. The maximum atomic E-state index is 12.3. The van der Waals surface area contributed by atoms with Gasteiger partial charge in [-0.2, -0.15) is 0 Å². The molecule has 1 unspecified atom stereocenters. The molecule has 0 spiro atoms. The number of carbonyl (C=O) groups is 1. The van der Waals surface area contributed by atoms with E-state index in [0.717, 1.165) is 31.6 Å². The summed E-state index contributed by atoms with van der Waals surface area (Å²) in [7, 11) is 1.92. The van der Waals surface area contributed by atoms with Crippen LogP contribution < -0.4 is 5.32 Å². The molecule has 122 valence electrons. The number of hydrogen-bond acceptors (Lipinski definition) is 4. The summed E-state index contributed by atoms with van der Waals surface area (Å²) >= 11 is 3.30. The Hall–Kier alpha value is -1.18. The van der Waals surface area contributed by atoms with Crippen LogP contribution in [-0.2, 0) is 11.2 Å². The molecule has 8 heteroatoms. The first kappa shape index (κ1) is 18.9. The summed E-state index contributed by atoms with van der Waals surface area (Å²) in [6.45, 7) is 2.49. The molecule has 6 nitrogen and oxygen atoms in total. The van der Waals surface area contributed by atoms with E-state index < -0.39 is 4.92 Å². The predicted octanol–water partition coefficient (Wildman–Crippen LogP) is 2.39. The minimum absolute atomic E-state index is 0. The molecule has 0 radical (unpaired) electrons. The van der Waals surface area contributed by atoms with Crippen LogP contribution in [0.25, 0.3) is 0 Å². The Kier molecular flexibility index (Phi) is 7.25. The van der Waals surface area contributed by atoms with E-state index in [1.165, 1.54) is 12.1 Å². The third-order valence-electron chi connectivity index (χ3n) is 3.72. The van der Waals surface area contributed by atoms with Crippen LogP contribution in [0.5, 0.6) is 0 Å². The zero-order valence-corrected chi connectivity index (χ0v) is 14.7. The highest BCUT2D eigenvalue weighted by Gasteiger charge is 2.26. The maximum absolute atomic E-state index is 12.3. The van der Waals surface area contributed by atoms with Crippen molar-refractivity contribution in [2.45, 2.75) is 12.8 Å². The molecule has 1 N–H and O–H groups in total. The average Bonchev–Trinajstić information content (AvgIpc) is 2.90. The fourth-order valence-electron chi connectivity index (χ4n) is 2.58. The Morgan fingerprint density at radius 1 is 1.55 bits per heavy atom. The molecular weight excluding hydrogens is 374 g/mol. The van der Waals surface area contributed by atoms with Crippen LogP contribution in [0, 0.1) is 16.0 Å². The van der Waals surface area contributed by atoms with Gasteiger partial charge in [-0.05, 0) is 31.5 Å². The van der Waals surface area contributed by atoms with Crippen LogP contribution in [0.4, 0.5) is 5.69 Å². The first-order valence-electron chi connectivity index (χ1n) is 6.86. The van der Waals surface area contributed by atoms with E-state index in [1.54, 1.807) is 6.07 Å². The second kappa shape index (κ2) is 8.45.